The van der Waals surface area contributed by atoms with Crippen molar-refractivity contribution in [3.63, 3.8) is 0 Å². The first-order valence-electron chi connectivity index (χ1n) is 6.28. The van der Waals surface area contributed by atoms with Crippen molar-refractivity contribution < 1.29 is 14.0 Å². The van der Waals surface area contributed by atoms with Crippen LogP contribution in [0, 0.1) is 6.92 Å². The lowest BCUT2D eigenvalue weighted by Gasteiger charge is -2.17. The number of carbonyl (C=O) groups excluding carboxylic acids is 2. The monoisotopic (exact) mass is 271 g/mol. The minimum atomic E-state index is -0.286. The third-order valence-electron chi connectivity index (χ3n) is 3.10. The minimum Gasteiger partial charge on any atom is -0.432 e. The van der Waals surface area contributed by atoms with Crippen LogP contribution in [0.25, 0.3) is 0 Å². The summed E-state index contributed by atoms with van der Waals surface area (Å²) in [4.78, 5) is 27.4. The lowest BCUT2D eigenvalue weighted by atomic mass is 10.0. The smallest absolute Gasteiger partial charge is 0.301 e. The second-order valence-corrected chi connectivity index (χ2v) is 4.67. The van der Waals surface area contributed by atoms with Gasteiger partial charge >= 0.3 is 6.01 Å². The molecule has 0 spiro atoms. The molecule has 0 bridgehead atoms. The maximum Gasteiger partial charge on any atom is 0.301 e. The van der Waals surface area contributed by atoms with Crippen LogP contribution in [-0.4, -0.2) is 16.8 Å². The lowest BCUT2D eigenvalue weighted by Crippen LogP contribution is -2.20. The highest BCUT2D eigenvalue weighted by Crippen LogP contribution is 2.24. The van der Waals surface area contributed by atoms with E-state index in [9.17, 15) is 9.59 Å². The molecule has 2 amide bonds. The van der Waals surface area contributed by atoms with E-state index in [1.807, 2.05) is 0 Å². The summed E-state index contributed by atoms with van der Waals surface area (Å²) in [7, 11) is 0. The number of aryl methyl sites for hydroxylation is 2. The highest BCUT2D eigenvalue weighted by atomic mass is 16.4. The zero-order valence-electron chi connectivity index (χ0n) is 10.9. The Kier molecular flexibility index (Phi) is 2.98. The number of benzene rings is 1. The predicted octanol–water partition coefficient (Wildman–Crippen LogP) is 2.12. The van der Waals surface area contributed by atoms with Gasteiger partial charge in [-0.2, -0.15) is 4.98 Å². The van der Waals surface area contributed by atoms with Crippen LogP contribution in [0.15, 0.2) is 28.9 Å². The van der Waals surface area contributed by atoms with Crippen LogP contribution in [0.2, 0.25) is 0 Å². The predicted molar refractivity (Wildman–Crippen MR) is 72.6 cm³/mol. The lowest BCUT2D eigenvalue weighted by molar-refractivity contribution is -0.116. The van der Waals surface area contributed by atoms with Gasteiger partial charge in [0.05, 0.1) is 5.69 Å². The molecule has 0 atom stereocenters. The maximum atomic E-state index is 12.1. The van der Waals surface area contributed by atoms with Crippen LogP contribution in [0.1, 0.15) is 28.0 Å². The van der Waals surface area contributed by atoms with Crippen LogP contribution in [-0.2, 0) is 11.2 Å². The molecule has 3 rings (SSSR count). The van der Waals surface area contributed by atoms with Crippen LogP contribution in [0.4, 0.5) is 11.7 Å². The van der Waals surface area contributed by atoms with Crippen molar-refractivity contribution in [2.45, 2.75) is 19.8 Å². The molecule has 2 aromatic rings. The summed E-state index contributed by atoms with van der Waals surface area (Å²) in [6.07, 6.45) is 2.55. The molecular formula is C14H13N3O3. The topological polar surface area (TPSA) is 84.2 Å². The van der Waals surface area contributed by atoms with Crippen LogP contribution in [0.5, 0.6) is 0 Å². The van der Waals surface area contributed by atoms with Crippen molar-refractivity contribution >= 4 is 23.5 Å². The summed E-state index contributed by atoms with van der Waals surface area (Å²) >= 11 is 0. The van der Waals surface area contributed by atoms with Gasteiger partial charge in [0.25, 0.3) is 5.91 Å². The number of anilines is 2. The molecule has 1 aromatic heterocycles. The van der Waals surface area contributed by atoms with Crippen LogP contribution in [0.3, 0.4) is 0 Å². The first kappa shape index (κ1) is 12.4. The van der Waals surface area contributed by atoms with Crippen molar-refractivity contribution in [2.24, 2.45) is 0 Å². The molecule has 102 valence electrons. The molecule has 0 aliphatic carbocycles. The standard InChI is InChI=1S/C14H13N3O3/c1-8-7-20-14(15-8)17-13(19)10-2-4-11-9(6-10)3-5-12(18)16-11/h2,4,6-7H,3,5H2,1H3,(H,16,18)(H,15,17,19). The van der Waals surface area contributed by atoms with E-state index in [0.29, 0.717) is 24.1 Å². The zero-order chi connectivity index (χ0) is 14.1. The minimum absolute atomic E-state index is 0.00459. The highest BCUT2D eigenvalue weighted by Gasteiger charge is 2.17. The number of aromatic nitrogens is 1. The number of nitrogens with zero attached hydrogens (tertiary/aromatic N) is 1. The Balaban J connectivity index is 1.80. The summed E-state index contributed by atoms with van der Waals surface area (Å²) in [5, 5.41) is 5.37. The van der Waals surface area contributed by atoms with E-state index in [1.165, 1.54) is 6.26 Å². The van der Waals surface area contributed by atoms with E-state index < -0.39 is 0 Å². The van der Waals surface area contributed by atoms with Gasteiger partial charge in [0.1, 0.15) is 6.26 Å². The summed E-state index contributed by atoms with van der Waals surface area (Å²) in [6, 6.07) is 5.36. The van der Waals surface area contributed by atoms with E-state index >= 15 is 0 Å². The van der Waals surface area contributed by atoms with Gasteiger partial charge in [-0.1, -0.05) is 0 Å². The molecule has 6 nitrogen and oxygen atoms in total. The first-order valence-corrected chi connectivity index (χ1v) is 6.28. The average Bonchev–Trinajstić information content (AvgIpc) is 2.83. The zero-order valence-corrected chi connectivity index (χ0v) is 10.9. The highest BCUT2D eigenvalue weighted by molar-refractivity contribution is 6.04. The van der Waals surface area contributed by atoms with E-state index in [1.54, 1.807) is 25.1 Å². The fraction of sp³-hybridized carbons (Fsp3) is 0.214. The van der Waals surface area contributed by atoms with E-state index in [2.05, 4.69) is 15.6 Å². The number of oxazole rings is 1. The van der Waals surface area contributed by atoms with Crippen LogP contribution >= 0.6 is 0 Å². The second-order valence-electron chi connectivity index (χ2n) is 4.67. The fourth-order valence-electron chi connectivity index (χ4n) is 2.11. The van der Waals surface area contributed by atoms with Gasteiger partial charge < -0.3 is 9.73 Å². The van der Waals surface area contributed by atoms with Gasteiger partial charge in [-0.05, 0) is 37.1 Å². The summed E-state index contributed by atoms with van der Waals surface area (Å²) < 4.78 is 5.08. The summed E-state index contributed by atoms with van der Waals surface area (Å²) in [6.45, 7) is 1.78. The largest absolute Gasteiger partial charge is 0.432 e. The molecule has 2 N–H and O–H groups in total. The van der Waals surface area contributed by atoms with E-state index in [0.717, 1.165) is 11.3 Å². The first-order chi connectivity index (χ1) is 9.61. The SMILES string of the molecule is Cc1coc(NC(=O)c2ccc3c(c2)CCC(=O)N3)n1. The van der Waals surface area contributed by atoms with E-state index in [4.69, 9.17) is 4.42 Å². The van der Waals surface area contributed by atoms with Crippen molar-refractivity contribution in [1.29, 1.82) is 0 Å². The number of amides is 2. The van der Waals surface area contributed by atoms with Crippen molar-refractivity contribution in [3.05, 3.63) is 41.3 Å². The average molecular weight is 271 g/mol. The Morgan fingerprint density at radius 2 is 2.25 bits per heavy atom. The molecule has 6 heteroatoms. The molecule has 0 saturated heterocycles. The second kappa shape index (κ2) is 4.80. The molecular weight excluding hydrogens is 258 g/mol. The Bertz CT molecular complexity index is 691. The van der Waals surface area contributed by atoms with Crippen molar-refractivity contribution in [2.75, 3.05) is 10.6 Å². The van der Waals surface area contributed by atoms with Gasteiger partial charge in [0.2, 0.25) is 5.91 Å². The van der Waals surface area contributed by atoms with Gasteiger partial charge in [-0.15, -0.1) is 0 Å². The Morgan fingerprint density at radius 3 is 3.00 bits per heavy atom. The molecule has 0 saturated carbocycles. The molecule has 0 radical (unpaired) electrons. The quantitative estimate of drug-likeness (QED) is 0.876. The number of carbonyl (C=O) groups is 2. The molecule has 2 heterocycles. The Morgan fingerprint density at radius 1 is 1.40 bits per heavy atom. The normalized spacial score (nSPS) is 13.6. The Labute approximate surface area is 115 Å². The molecule has 0 fully saturated rings. The summed E-state index contributed by atoms with van der Waals surface area (Å²) in [5.41, 5.74) is 2.94. The molecule has 1 aliphatic heterocycles. The fourth-order valence-corrected chi connectivity index (χ4v) is 2.11. The van der Waals surface area contributed by atoms with Gasteiger partial charge in [0, 0.05) is 17.7 Å². The number of rotatable bonds is 2. The number of fused-ring (bicyclic) bond motifs is 1. The molecule has 1 aromatic carbocycles. The molecule has 0 unspecified atom stereocenters. The number of nitrogens with one attached hydrogen (secondary N) is 2. The third-order valence-corrected chi connectivity index (χ3v) is 3.10. The number of hydrogen-bond acceptors (Lipinski definition) is 4. The molecule has 20 heavy (non-hydrogen) atoms. The summed E-state index contributed by atoms with van der Waals surface area (Å²) in [5.74, 6) is -0.281. The van der Waals surface area contributed by atoms with Gasteiger partial charge in [0.15, 0.2) is 0 Å². The van der Waals surface area contributed by atoms with E-state index in [-0.39, 0.29) is 17.8 Å². The molecule has 1 aliphatic rings. The van der Waals surface area contributed by atoms with Crippen molar-refractivity contribution in [1.82, 2.24) is 4.98 Å². The van der Waals surface area contributed by atoms with Gasteiger partial charge in [-0.25, -0.2) is 0 Å². The third kappa shape index (κ3) is 2.40. The maximum absolute atomic E-state index is 12.1. The van der Waals surface area contributed by atoms with Gasteiger partial charge in [-0.3, -0.25) is 14.9 Å². The van der Waals surface area contributed by atoms with Crippen molar-refractivity contribution in [3.8, 4) is 0 Å². The number of hydrogen-bond donors (Lipinski definition) is 2. The van der Waals surface area contributed by atoms with Crippen LogP contribution < -0.4 is 10.6 Å². The Hall–Kier alpha value is -2.63.